The van der Waals surface area contributed by atoms with Crippen LogP contribution in [0, 0.1) is 0 Å². The molecule has 0 unspecified atom stereocenters. The van der Waals surface area contributed by atoms with E-state index in [-0.39, 0.29) is 5.89 Å². The molecule has 3 aromatic rings. The number of hydrogen-bond donors (Lipinski definition) is 0. The maximum atomic E-state index is 6.34. The fourth-order valence-corrected chi connectivity index (χ4v) is 2.72. The van der Waals surface area contributed by atoms with Crippen LogP contribution in [0.1, 0.15) is 18.4 Å². The van der Waals surface area contributed by atoms with E-state index in [2.05, 4.69) is 10.1 Å². The summed E-state index contributed by atoms with van der Waals surface area (Å²) >= 11 is 12.3. The molecule has 134 valence electrons. The summed E-state index contributed by atoms with van der Waals surface area (Å²) in [6.07, 6.45) is 1.72. The molecular weight excluding hydrogens is 375 g/mol. The van der Waals surface area contributed by atoms with Gasteiger partial charge in [-0.1, -0.05) is 46.6 Å². The molecule has 0 N–H and O–H groups in total. The number of hydrogen-bond acceptors (Lipinski definition) is 5. The van der Waals surface area contributed by atoms with Gasteiger partial charge < -0.3 is 14.0 Å². The van der Waals surface area contributed by atoms with Crippen LogP contribution in [0.4, 0.5) is 0 Å². The van der Waals surface area contributed by atoms with Crippen LogP contribution in [-0.2, 0) is 0 Å². The van der Waals surface area contributed by atoms with E-state index >= 15 is 0 Å². The topological polar surface area (TPSA) is 57.4 Å². The summed E-state index contributed by atoms with van der Waals surface area (Å²) in [5, 5.41) is 4.86. The van der Waals surface area contributed by atoms with Gasteiger partial charge in [0.25, 0.3) is 5.89 Å². The van der Waals surface area contributed by atoms with Crippen LogP contribution in [0.25, 0.3) is 22.5 Å². The maximum absolute atomic E-state index is 6.34. The van der Waals surface area contributed by atoms with Crippen molar-refractivity contribution in [2.75, 3.05) is 13.7 Å². The van der Waals surface area contributed by atoms with Crippen LogP contribution in [-0.4, -0.2) is 23.9 Å². The summed E-state index contributed by atoms with van der Waals surface area (Å²) in [4.78, 5) is 4.31. The zero-order valence-electron chi connectivity index (χ0n) is 14.2. The number of nitrogens with zero attached hydrogens (tertiary/aromatic N) is 2. The molecule has 5 nitrogen and oxygen atoms in total. The highest BCUT2D eigenvalue weighted by Crippen LogP contribution is 2.31. The summed E-state index contributed by atoms with van der Waals surface area (Å²) in [5.74, 6) is 1.92. The van der Waals surface area contributed by atoms with Crippen LogP contribution in [0.3, 0.4) is 0 Å². The first-order valence-corrected chi connectivity index (χ1v) is 8.64. The van der Waals surface area contributed by atoms with Gasteiger partial charge in [0.1, 0.15) is 5.03 Å². The van der Waals surface area contributed by atoms with Gasteiger partial charge in [0, 0.05) is 10.6 Å². The Morgan fingerprint density at radius 3 is 2.77 bits per heavy atom. The molecule has 1 heterocycles. The Morgan fingerprint density at radius 1 is 1.19 bits per heavy atom. The standard InChI is InChI=1S/C19H16Cl2N2O3/c1-3-25-16-8-7-12(10-17(16)24-2)9-15(21)19-22-18(23-26-19)13-5-4-6-14(20)11-13/h4-11H,3H2,1-2H3/b15-9-. The van der Waals surface area contributed by atoms with Gasteiger partial charge in [-0.2, -0.15) is 4.98 Å². The third-order valence-corrected chi connectivity index (χ3v) is 4.00. The van der Waals surface area contributed by atoms with Crippen LogP contribution >= 0.6 is 23.2 Å². The Balaban J connectivity index is 1.86. The summed E-state index contributed by atoms with van der Waals surface area (Å²) in [7, 11) is 1.59. The number of halogens is 2. The quantitative estimate of drug-likeness (QED) is 0.553. The molecule has 0 aliphatic rings. The Labute approximate surface area is 161 Å². The minimum atomic E-state index is 0.217. The first kappa shape index (κ1) is 18.3. The molecule has 2 aromatic carbocycles. The number of benzene rings is 2. The van der Waals surface area contributed by atoms with Crippen molar-refractivity contribution in [3.63, 3.8) is 0 Å². The number of methoxy groups -OCH3 is 1. The lowest BCUT2D eigenvalue weighted by molar-refractivity contribution is 0.311. The lowest BCUT2D eigenvalue weighted by atomic mass is 10.2. The molecule has 1 aromatic heterocycles. The van der Waals surface area contributed by atoms with Crippen LogP contribution in [0.2, 0.25) is 5.02 Å². The number of rotatable bonds is 6. The number of ether oxygens (including phenoxy) is 2. The molecule has 0 atom stereocenters. The van der Waals surface area contributed by atoms with Gasteiger partial charge in [-0.3, -0.25) is 0 Å². The second-order valence-electron chi connectivity index (χ2n) is 5.27. The van der Waals surface area contributed by atoms with Crippen molar-refractivity contribution in [1.29, 1.82) is 0 Å². The summed E-state index contributed by atoms with van der Waals surface area (Å²) in [6.45, 7) is 2.47. The molecule has 0 saturated carbocycles. The molecule has 26 heavy (non-hydrogen) atoms. The van der Waals surface area contributed by atoms with Gasteiger partial charge in [-0.05, 0) is 42.8 Å². The lowest BCUT2D eigenvalue weighted by Gasteiger charge is -2.09. The fraction of sp³-hybridized carbons (Fsp3) is 0.158. The minimum Gasteiger partial charge on any atom is -0.493 e. The molecule has 0 fully saturated rings. The smallest absolute Gasteiger partial charge is 0.269 e. The Hall–Kier alpha value is -2.50. The second-order valence-corrected chi connectivity index (χ2v) is 6.11. The predicted octanol–water partition coefficient (Wildman–Crippen LogP) is 5.53. The van der Waals surface area contributed by atoms with Crippen molar-refractivity contribution in [1.82, 2.24) is 10.1 Å². The highest BCUT2D eigenvalue weighted by atomic mass is 35.5. The first-order valence-electron chi connectivity index (χ1n) is 7.88. The van der Waals surface area contributed by atoms with E-state index in [1.54, 1.807) is 25.3 Å². The van der Waals surface area contributed by atoms with E-state index in [9.17, 15) is 0 Å². The van der Waals surface area contributed by atoms with E-state index in [4.69, 9.17) is 37.2 Å². The zero-order chi connectivity index (χ0) is 18.5. The Morgan fingerprint density at radius 2 is 2.04 bits per heavy atom. The van der Waals surface area contributed by atoms with Crippen molar-refractivity contribution in [2.45, 2.75) is 6.92 Å². The summed E-state index contributed by atoms with van der Waals surface area (Å²) in [5.41, 5.74) is 1.57. The average molecular weight is 391 g/mol. The third-order valence-electron chi connectivity index (χ3n) is 3.49. The van der Waals surface area contributed by atoms with Crippen molar-refractivity contribution in [3.05, 3.63) is 58.9 Å². The largest absolute Gasteiger partial charge is 0.493 e. The average Bonchev–Trinajstić information content (AvgIpc) is 3.13. The molecule has 0 bridgehead atoms. The Kier molecular flexibility index (Phi) is 5.81. The van der Waals surface area contributed by atoms with Crippen LogP contribution in [0.15, 0.2) is 47.0 Å². The molecule has 0 spiro atoms. The molecule has 3 rings (SSSR count). The molecule has 0 saturated heterocycles. The lowest BCUT2D eigenvalue weighted by Crippen LogP contribution is -1.95. The molecule has 0 aliphatic heterocycles. The van der Waals surface area contributed by atoms with Gasteiger partial charge in [0.2, 0.25) is 5.82 Å². The van der Waals surface area contributed by atoms with Gasteiger partial charge in [0.05, 0.1) is 13.7 Å². The van der Waals surface area contributed by atoms with Crippen molar-refractivity contribution >= 4 is 34.3 Å². The predicted molar refractivity (Wildman–Crippen MR) is 103 cm³/mol. The third kappa shape index (κ3) is 4.18. The molecule has 0 aliphatic carbocycles. The normalized spacial score (nSPS) is 11.5. The van der Waals surface area contributed by atoms with Crippen LogP contribution < -0.4 is 9.47 Å². The summed E-state index contributed by atoms with van der Waals surface area (Å²) < 4.78 is 16.1. The van der Waals surface area contributed by atoms with E-state index in [1.807, 2.05) is 37.3 Å². The van der Waals surface area contributed by atoms with Gasteiger partial charge in [-0.25, -0.2) is 0 Å². The van der Waals surface area contributed by atoms with Crippen molar-refractivity contribution < 1.29 is 14.0 Å². The molecule has 0 amide bonds. The molecule has 0 radical (unpaired) electrons. The minimum absolute atomic E-state index is 0.217. The Bertz CT molecular complexity index is 938. The second kappa shape index (κ2) is 8.25. The van der Waals surface area contributed by atoms with E-state index in [1.165, 1.54) is 0 Å². The summed E-state index contributed by atoms with van der Waals surface area (Å²) in [6, 6.07) is 12.7. The van der Waals surface area contributed by atoms with E-state index in [0.717, 1.165) is 11.1 Å². The molecular formula is C19H16Cl2N2O3. The SMILES string of the molecule is CCOc1ccc(/C=C(\Cl)c2nc(-c3cccc(Cl)c3)no2)cc1OC. The van der Waals surface area contributed by atoms with Crippen molar-refractivity contribution in [2.24, 2.45) is 0 Å². The van der Waals surface area contributed by atoms with Gasteiger partial charge >= 0.3 is 0 Å². The van der Waals surface area contributed by atoms with Crippen LogP contribution in [0.5, 0.6) is 11.5 Å². The number of aromatic nitrogens is 2. The molecule has 7 heteroatoms. The van der Waals surface area contributed by atoms with Gasteiger partial charge in [0.15, 0.2) is 11.5 Å². The highest BCUT2D eigenvalue weighted by molar-refractivity contribution is 6.50. The zero-order valence-corrected chi connectivity index (χ0v) is 15.7. The van der Waals surface area contributed by atoms with Gasteiger partial charge in [-0.15, -0.1) is 0 Å². The van der Waals surface area contributed by atoms with E-state index in [0.29, 0.717) is 34.0 Å². The monoisotopic (exact) mass is 390 g/mol. The van der Waals surface area contributed by atoms with Crippen molar-refractivity contribution in [3.8, 4) is 22.9 Å². The first-order chi connectivity index (χ1) is 12.6. The maximum Gasteiger partial charge on any atom is 0.269 e. The highest BCUT2D eigenvalue weighted by Gasteiger charge is 2.12. The fourth-order valence-electron chi connectivity index (χ4n) is 2.32. The van der Waals surface area contributed by atoms with E-state index < -0.39 is 0 Å².